The van der Waals surface area contributed by atoms with Gasteiger partial charge in [0.1, 0.15) is 5.84 Å². The lowest BCUT2D eigenvalue weighted by atomic mass is 9.88. The number of benzene rings is 7. The van der Waals surface area contributed by atoms with Crippen molar-refractivity contribution in [2.24, 2.45) is 10.7 Å². The Kier molecular flexibility index (Phi) is 8.57. The molecule has 0 spiro atoms. The van der Waals surface area contributed by atoms with Crippen molar-refractivity contribution < 1.29 is 0 Å². The highest BCUT2D eigenvalue weighted by Gasteiger charge is 2.13. The molecule has 0 aliphatic carbocycles. The summed E-state index contributed by atoms with van der Waals surface area (Å²) in [6.45, 7) is 2.67. The van der Waals surface area contributed by atoms with Gasteiger partial charge in [0, 0.05) is 5.56 Å². The number of aliphatic imine (C=N–C) groups is 1. The summed E-state index contributed by atoms with van der Waals surface area (Å²) in [5, 5.41) is 0. The molecule has 47 heavy (non-hydrogen) atoms. The smallest absolute Gasteiger partial charge is 0.125 e. The van der Waals surface area contributed by atoms with Gasteiger partial charge in [-0.3, -0.25) is 4.99 Å². The molecule has 2 N–H and O–H groups in total. The second-order valence-electron chi connectivity index (χ2n) is 11.9. The van der Waals surface area contributed by atoms with Crippen molar-refractivity contribution in [1.82, 2.24) is 0 Å². The first kappa shape index (κ1) is 29.7. The number of amidine groups is 1. The number of nitrogens with two attached hydrogens (primary N) is 1. The first-order valence-corrected chi connectivity index (χ1v) is 16.0. The van der Waals surface area contributed by atoms with E-state index in [2.05, 4.69) is 158 Å². The minimum absolute atomic E-state index is 0.543. The lowest BCUT2D eigenvalue weighted by Gasteiger charge is -2.16. The van der Waals surface area contributed by atoms with Gasteiger partial charge in [0.25, 0.3) is 0 Å². The lowest BCUT2D eigenvalue weighted by Crippen LogP contribution is -2.13. The largest absolute Gasteiger partial charge is 0.383 e. The Bertz CT molecular complexity index is 2160. The molecule has 0 bridgehead atoms. The fraction of sp³-hybridized carbons (Fsp3) is 0.0444. The summed E-state index contributed by atoms with van der Waals surface area (Å²) < 4.78 is 0. The Morgan fingerprint density at radius 2 is 0.872 bits per heavy atom. The van der Waals surface area contributed by atoms with E-state index in [0.717, 1.165) is 11.1 Å². The van der Waals surface area contributed by atoms with Gasteiger partial charge in [-0.25, -0.2) is 0 Å². The Morgan fingerprint density at radius 3 is 1.40 bits per heavy atom. The fourth-order valence-corrected chi connectivity index (χ4v) is 6.10. The summed E-state index contributed by atoms with van der Waals surface area (Å²) in [6.07, 6.45) is 0. The summed E-state index contributed by atoms with van der Waals surface area (Å²) in [5.74, 6) is 0.557. The van der Waals surface area contributed by atoms with E-state index in [-0.39, 0.29) is 0 Å². The van der Waals surface area contributed by atoms with Gasteiger partial charge in [-0.2, -0.15) is 0 Å². The molecule has 2 heteroatoms. The van der Waals surface area contributed by atoms with Crippen molar-refractivity contribution in [3.8, 4) is 55.6 Å². The molecule has 0 saturated carbocycles. The monoisotopic (exact) mass is 604 g/mol. The van der Waals surface area contributed by atoms with Crippen LogP contribution in [0.5, 0.6) is 0 Å². The molecule has 0 heterocycles. The number of aryl methyl sites for hydroxylation is 1. The Morgan fingerprint density at radius 1 is 0.426 bits per heavy atom. The van der Waals surface area contributed by atoms with Gasteiger partial charge in [-0.05, 0) is 80.3 Å². The third kappa shape index (κ3) is 6.68. The normalized spacial score (nSPS) is 11.4. The molecule has 0 amide bonds. The van der Waals surface area contributed by atoms with Crippen LogP contribution in [-0.4, -0.2) is 5.84 Å². The standard InChI is InChI=1S/C45H36N2/c1-32-21-25-34(26-22-32)37-13-9-15-39(29-37)41-17-5-7-19-43(41)44-20-8-6-18-42(44)40-16-10-14-38(30-40)35-27-23-33(24-28-35)31-47-45(46)36-11-3-2-4-12-36/h2-30H,31H2,1H3,(H2,46,47). The molecule has 2 nitrogen and oxygen atoms in total. The third-order valence-electron chi connectivity index (χ3n) is 8.67. The topological polar surface area (TPSA) is 38.4 Å². The maximum atomic E-state index is 6.22. The summed E-state index contributed by atoms with van der Waals surface area (Å²) in [7, 11) is 0. The van der Waals surface area contributed by atoms with Gasteiger partial charge in [0.05, 0.1) is 6.54 Å². The molecule has 0 saturated heterocycles. The van der Waals surface area contributed by atoms with Crippen LogP contribution < -0.4 is 5.73 Å². The van der Waals surface area contributed by atoms with E-state index < -0.39 is 0 Å². The minimum Gasteiger partial charge on any atom is -0.383 e. The molecule has 0 atom stereocenters. The highest BCUT2D eigenvalue weighted by Crippen LogP contribution is 2.39. The molecular weight excluding hydrogens is 569 g/mol. The van der Waals surface area contributed by atoms with Crippen LogP contribution in [0.15, 0.2) is 181 Å². The Balaban J connectivity index is 1.19. The van der Waals surface area contributed by atoms with E-state index in [1.54, 1.807) is 0 Å². The molecule has 7 aromatic carbocycles. The van der Waals surface area contributed by atoms with Crippen molar-refractivity contribution in [2.45, 2.75) is 13.5 Å². The summed E-state index contributed by atoms with van der Waals surface area (Å²) in [4.78, 5) is 4.61. The SMILES string of the molecule is Cc1ccc(-c2cccc(-c3ccccc3-c3ccccc3-c3cccc(-c4ccc(C/N=C(\N)c5ccccc5)cc4)c3)c2)cc1. The molecule has 0 unspecified atom stereocenters. The van der Waals surface area contributed by atoms with Crippen LogP contribution in [0.4, 0.5) is 0 Å². The van der Waals surface area contributed by atoms with Crippen LogP contribution in [0.2, 0.25) is 0 Å². The van der Waals surface area contributed by atoms with Gasteiger partial charge in [-0.15, -0.1) is 0 Å². The van der Waals surface area contributed by atoms with Crippen molar-refractivity contribution in [3.63, 3.8) is 0 Å². The fourth-order valence-electron chi connectivity index (χ4n) is 6.10. The quantitative estimate of drug-likeness (QED) is 0.136. The van der Waals surface area contributed by atoms with Crippen LogP contribution in [-0.2, 0) is 6.54 Å². The number of hydrogen-bond donors (Lipinski definition) is 1. The maximum absolute atomic E-state index is 6.22. The van der Waals surface area contributed by atoms with Crippen molar-refractivity contribution in [3.05, 3.63) is 193 Å². The van der Waals surface area contributed by atoms with Gasteiger partial charge in [0.15, 0.2) is 0 Å². The predicted octanol–water partition coefficient (Wildman–Crippen LogP) is 11.2. The number of hydrogen-bond acceptors (Lipinski definition) is 1. The summed E-state index contributed by atoms with van der Waals surface area (Å²) >= 11 is 0. The van der Waals surface area contributed by atoms with Crippen molar-refractivity contribution in [1.29, 1.82) is 0 Å². The molecule has 0 aliphatic heterocycles. The van der Waals surface area contributed by atoms with E-state index in [1.165, 1.54) is 61.2 Å². The van der Waals surface area contributed by atoms with E-state index in [1.807, 2.05) is 30.3 Å². The van der Waals surface area contributed by atoms with Crippen LogP contribution in [0.3, 0.4) is 0 Å². The average molecular weight is 605 g/mol. The molecule has 7 aromatic rings. The molecule has 226 valence electrons. The second-order valence-corrected chi connectivity index (χ2v) is 11.9. The van der Waals surface area contributed by atoms with Crippen LogP contribution >= 0.6 is 0 Å². The zero-order chi connectivity index (χ0) is 32.0. The third-order valence-corrected chi connectivity index (χ3v) is 8.67. The Labute approximate surface area is 277 Å². The predicted molar refractivity (Wildman–Crippen MR) is 199 cm³/mol. The van der Waals surface area contributed by atoms with Crippen molar-refractivity contribution >= 4 is 5.84 Å². The van der Waals surface area contributed by atoms with Gasteiger partial charge >= 0.3 is 0 Å². The van der Waals surface area contributed by atoms with Gasteiger partial charge in [0.2, 0.25) is 0 Å². The zero-order valence-corrected chi connectivity index (χ0v) is 26.5. The first-order chi connectivity index (χ1) is 23.1. The molecule has 0 radical (unpaired) electrons. The van der Waals surface area contributed by atoms with E-state index in [9.17, 15) is 0 Å². The van der Waals surface area contributed by atoms with E-state index >= 15 is 0 Å². The maximum Gasteiger partial charge on any atom is 0.125 e. The van der Waals surface area contributed by atoms with Crippen LogP contribution in [0.25, 0.3) is 55.6 Å². The highest BCUT2D eigenvalue weighted by molar-refractivity contribution is 5.97. The average Bonchev–Trinajstić information content (AvgIpc) is 3.15. The zero-order valence-electron chi connectivity index (χ0n) is 26.5. The molecule has 7 rings (SSSR count). The van der Waals surface area contributed by atoms with E-state index in [0.29, 0.717) is 12.4 Å². The lowest BCUT2D eigenvalue weighted by molar-refractivity contribution is 1.06. The van der Waals surface area contributed by atoms with Gasteiger partial charge in [-0.1, -0.05) is 169 Å². The van der Waals surface area contributed by atoms with Crippen LogP contribution in [0.1, 0.15) is 16.7 Å². The van der Waals surface area contributed by atoms with Crippen LogP contribution in [0, 0.1) is 6.92 Å². The Hall–Kier alpha value is -5.99. The number of rotatable bonds is 8. The molecular formula is C45H36N2. The molecule has 0 aromatic heterocycles. The van der Waals surface area contributed by atoms with E-state index in [4.69, 9.17) is 5.73 Å². The minimum atomic E-state index is 0.543. The first-order valence-electron chi connectivity index (χ1n) is 16.0. The molecule has 0 aliphatic rings. The summed E-state index contributed by atoms with van der Waals surface area (Å²) in [5.41, 5.74) is 21.6. The summed E-state index contributed by atoms with van der Waals surface area (Å²) in [6, 6.07) is 62.4. The second kappa shape index (κ2) is 13.6. The number of nitrogens with zero attached hydrogens (tertiary/aromatic N) is 1. The molecule has 0 fully saturated rings. The van der Waals surface area contributed by atoms with Crippen molar-refractivity contribution in [2.75, 3.05) is 0 Å². The van der Waals surface area contributed by atoms with Gasteiger partial charge < -0.3 is 5.73 Å². The highest BCUT2D eigenvalue weighted by atomic mass is 14.8.